The van der Waals surface area contributed by atoms with Gasteiger partial charge in [-0.3, -0.25) is 0 Å². The second-order valence-corrected chi connectivity index (χ2v) is 26.9. The van der Waals surface area contributed by atoms with Gasteiger partial charge in [-0.2, -0.15) is 0 Å². The van der Waals surface area contributed by atoms with E-state index in [2.05, 4.69) is 195 Å². The molecule has 0 fully saturated rings. The summed E-state index contributed by atoms with van der Waals surface area (Å²) in [5.74, 6) is 2.12. The summed E-state index contributed by atoms with van der Waals surface area (Å²) in [4.78, 5) is 0. The van der Waals surface area contributed by atoms with Gasteiger partial charge in [-0.05, 0) is 0 Å². The van der Waals surface area contributed by atoms with Gasteiger partial charge in [0.25, 0.3) is 0 Å². The van der Waals surface area contributed by atoms with E-state index in [-0.39, 0.29) is 0 Å². The number of benzene rings is 6. The zero-order valence-electron chi connectivity index (χ0n) is 35.9. The molecule has 3 aliphatic rings. The molecule has 0 nitrogen and oxygen atoms in total. The molecule has 0 N–H and O–H groups in total. The summed E-state index contributed by atoms with van der Waals surface area (Å²) in [5.41, 5.74) is 21.2. The molecule has 0 radical (unpaired) electrons. The Morgan fingerprint density at radius 3 is 1.38 bits per heavy atom. The van der Waals surface area contributed by atoms with E-state index in [1.54, 1.807) is 35.9 Å². The number of hydrogen-bond donors (Lipinski definition) is 0. The van der Waals surface area contributed by atoms with E-state index in [0.29, 0.717) is 30.9 Å². The Hall–Kier alpha value is -4.10. The van der Waals surface area contributed by atoms with Gasteiger partial charge in [-0.15, -0.1) is 0 Å². The van der Waals surface area contributed by atoms with Gasteiger partial charge in [0.1, 0.15) is 0 Å². The third-order valence-electron chi connectivity index (χ3n) is 13.2. The van der Waals surface area contributed by atoms with Crippen molar-refractivity contribution in [3.05, 3.63) is 172 Å². The maximum absolute atomic E-state index is 2.91. The Morgan fingerprint density at radius 1 is 0.448 bits per heavy atom. The van der Waals surface area contributed by atoms with Gasteiger partial charge in [0.15, 0.2) is 0 Å². The zero-order valence-corrected chi connectivity index (χ0v) is 39.7. The van der Waals surface area contributed by atoms with Crippen molar-refractivity contribution in [1.29, 1.82) is 0 Å². The summed E-state index contributed by atoms with van der Waals surface area (Å²) in [5, 5.41) is 3.38. The van der Waals surface area contributed by atoms with E-state index in [4.69, 9.17) is 0 Å². The van der Waals surface area contributed by atoms with Gasteiger partial charge in [-0.25, -0.2) is 0 Å². The van der Waals surface area contributed by atoms with E-state index >= 15 is 0 Å². The number of rotatable bonds is 11. The summed E-state index contributed by atoms with van der Waals surface area (Å²) >= 11 is -2.91. The molecule has 0 aromatic heterocycles. The van der Waals surface area contributed by atoms with Gasteiger partial charge in [0, 0.05) is 0 Å². The van der Waals surface area contributed by atoms with Gasteiger partial charge in [0.05, 0.1) is 0 Å². The zero-order chi connectivity index (χ0) is 40.2. The summed E-state index contributed by atoms with van der Waals surface area (Å²) in [6.07, 6.45) is 7.57. The fraction of sp³-hybridized carbons (Fsp3) is 0.286. The molecule has 2 heteroatoms. The first-order valence-corrected chi connectivity index (χ1v) is 27.5. The average molecular weight is 851 g/mol. The maximum atomic E-state index is 2.69. The SMILES string of the molecule is CC(C)Cc1ccccc1-c1cccc2c1C=C(C(C)C)[CH]2[Zr]([c]1cccc2c1[SiH2]c1ccccc1-2)[CH]1C(C(C)C)=Cc2c(-c3ccccc3CC(C)C)cccc21. The predicted octanol–water partition coefficient (Wildman–Crippen LogP) is 12.3. The van der Waals surface area contributed by atoms with Crippen LogP contribution in [0.4, 0.5) is 0 Å². The molecule has 0 amide bonds. The Bertz CT molecular complexity index is 2450. The van der Waals surface area contributed by atoms with Crippen LogP contribution in [-0.2, 0) is 34.6 Å². The third kappa shape index (κ3) is 6.97. The molecule has 6 aromatic carbocycles. The average Bonchev–Trinajstić information content (AvgIpc) is 3.91. The summed E-state index contributed by atoms with van der Waals surface area (Å²) in [7, 11) is -0.631. The fourth-order valence-electron chi connectivity index (χ4n) is 10.7. The van der Waals surface area contributed by atoms with Crippen molar-refractivity contribution in [3.63, 3.8) is 0 Å². The molecule has 58 heavy (non-hydrogen) atoms. The molecule has 6 aromatic rings. The second-order valence-electron chi connectivity index (χ2n) is 18.7. The third-order valence-corrected chi connectivity index (χ3v) is 25.1. The Kier molecular flexibility index (Phi) is 11.0. The van der Waals surface area contributed by atoms with Crippen LogP contribution in [0.2, 0.25) is 0 Å². The van der Waals surface area contributed by atoms with Crippen LogP contribution in [0.1, 0.15) is 96.0 Å². The number of fused-ring (bicyclic) bond motifs is 5. The van der Waals surface area contributed by atoms with E-state index in [1.165, 1.54) is 55.6 Å². The molecular formula is C56H59SiZr. The Morgan fingerprint density at radius 2 is 0.879 bits per heavy atom. The summed E-state index contributed by atoms with van der Waals surface area (Å²) in [6, 6.07) is 50.1. The molecular weight excluding hydrogens is 792 g/mol. The normalized spacial score (nSPS) is 16.9. The Balaban J connectivity index is 1.30. The van der Waals surface area contributed by atoms with E-state index in [0.717, 1.165) is 12.8 Å². The van der Waals surface area contributed by atoms with E-state index in [9.17, 15) is 0 Å². The van der Waals surface area contributed by atoms with Crippen LogP contribution in [-0.4, -0.2) is 9.52 Å². The van der Waals surface area contributed by atoms with Crippen molar-refractivity contribution in [2.75, 3.05) is 0 Å². The van der Waals surface area contributed by atoms with Gasteiger partial charge < -0.3 is 0 Å². The molecule has 2 unspecified atom stereocenters. The van der Waals surface area contributed by atoms with Crippen LogP contribution in [0, 0.1) is 23.7 Å². The van der Waals surface area contributed by atoms with Crippen LogP contribution in [0.15, 0.2) is 139 Å². The van der Waals surface area contributed by atoms with Gasteiger partial charge >= 0.3 is 362 Å². The first-order valence-electron chi connectivity index (χ1n) is 22.0. The predicted molar refractivity (Wildman–Crippen MR) is 251 cm³/mol. The van der Waals surface area contributed by atoms with E-state index in [1.807, 2.05) is 0 Å². The van der Waals surface area contributed by atoms with Crippen LogP contribution < -0.4 is 13.6 Å². The number of allylic oxidation sites excluding steroid dienone is 2. The molecule has 0 saturated carbocycles. The first-order chi connectivity index (χ1) is 28.1. The second kappa shape index (κ2) is 16.2. The topological polar surface area (TPSA) is 0 Å². The molecule has 0 saturated heterocycles. The molecule has 2 aliphatic carbocycles. The molecule has 291 valence electrons. The van der Waals surface area contributed by atoms with Crippen LogP contribution in [0.25, 0.3) is 45.5 Å². The minimum atomic E-state index is -2.91. The van der Waals surface area contributed by atoms with Crippen LogP contribution >= 0.6 is 0 Å². The minimum absolute atomic E-state index is 0.453. The summed E-state index contributed by atoms with van der Waals surface area (Å²) in [6.45, 7) is 19.3. The van der Waals surface area contributed by atoms with Crippen molar-refractivity contribution in [3.8, 4) is 33.4 Å². The van der Waals surface area contributed by atoms with E-state index < -0.39 is 31.3 Å². The van der Waals surface area contributed by atoms with Gasteiger partial charge in [-0.1, -0.05) is 0 Å². The molecule has 9 rings (SSSR count). The summed E-state index contributed by atoms with van der Waals surface area (Å²) < 4.78 is 2.69. The fourth-order valence-corrected chi connectivity index (χ4v) is 25.5. The van der Waals surface area contributed by atoms with Gasteiger partial charge in [0.2, 0.25) is 0 Å². The number of hydrogen-bond acceptors (Lipinski definition) is 0. The van der Waals surface area contributed by atoms with Crippen molar-refractivity contribution >= 4 is 35.3 Å². The molecule has 1 heterocycles. The van der Waals surface area contributed by atoms with Crippen molar-refractivity contribution in [2.45, 2.75) is 75.5 Å². The monoisotopic (exact) mass is 849 g/mol. The van der Waals surface area contributed by atoms with Crippen molar-refractivity contribution in [2.24, 2.45) is 23.7 Å². The van der Waals surface area contributed by atoms with Crippen molar-refractivity contribution < 1.29 is 21.8 Å². The first kappa shape index (κ1) is 39.4. The van der Waals surface area contributed by atoms with Crippen molar-refractivity contribution in [1.82, 2.24) is 0 Å². The molecule has 0 spiro atoms. The quantitative estimate of drug-likeness (QED) is 0.114. The molecule has 2 atom stereocenters. The molecule has 1 aliphatic heterocycles. The molecule has 0 bridgehead atoms. The van der Waals surface area contributed by atoms with Crippen LogP contribution in [0.3, 0.4) is 0 Å². The Labute approximate surface area is 359 Å². The standard InChI is InChI=1S/2C22H25.C12H9Si.Zr/c2*1-15(2)12-17-8-5-6-10-20(17)21-11-7-9-18-13-19(16(3)4)14-22(18)21;1-3-7-11-9(5-1)10-6-2-4-8-12(10)13-11;/h2*5-11,13-16H,12H2,1-4H3;1-7H,13H2;. The van der Waals surface area contributed by atoms with Crippen LogP contribution in [0.5, 0.6) is 0 Å².